The van der Waals surface area contributed by atoms with Crippen molar-refractivity contribution in [3.63, 3.8) is 0 Å². The lowest BCUT2D eigenvalue weighted by Crippen LogP contribution is -2.28. The molecule has 0 saturated heterocycles. The molecule has 1 aromatic carbocycles. The minimum absolute atomic E-state index is 0.0284. The molecular weight excluding hydrogens is 250 g/mol. The van der Waals surface area contributed by atoms with Gasteiger partial charge in [0.05, 0.1) is 7.11 Å². The third-order valence-corrected chi connectivity index (χ3v) is 3.76. The molecule has 20 heavy (non-hydrogen) atoms. The molecule has 2 atom stereocenters. The minimum Gasteiger partial charge on any atom is -0.496 e. The van der Waals surface area contributed by atoms with Crippen molar-refractivity contribution in [1.82, 2.24) is 4.90 Å². The molecule has 0 amide bonds. The summed E-state index contributed by atoms with van der Waals surface area (Å²) in [6.07, 6.45) is 0. The van der Waals surface area contributed by atoms with Crippen molar-refractivity contribution >= 4 is 0 Å². The van der Waals surface area contributed by atoms with Crippen LogP contribution >= 0.6 is 0 Å². The predicted molar refractivity (Wildman–Crippen MR) is 84.4 cm³/mol. The van der Waals surface area contributed by atoms with Crippen molar-refractivity contribution in [3.8, 4) is 5.75 Å². The van der Waals surface area contributed by atoms with Gasteiger partial charge in [0, 0.05) is 12.6 Å². The van der Waals surface area contributed by atoms with E-state index in [-0.39, 0.29) is 24.0 Å². The molecule has 0 radical (unpaired) electrons. The van der Waals surface area contributed by atoms with Crippen LogP contribution in [0.4, 0.5) is 0 Å². The molecule has 114 valence electrons. The maximum atomic E-state index is 9.49. The zero-order chi connectivity index (χ0) is 15.5. The van der Waals surface area contributed by atoms with E-state index in [1.54, 1.807) is 7.11 Å². The maximum absolute atomic E-state index is 9.49. The van der Waals surface area contributed by atoms with Crippen LogP contribution in [0.2, 0.25) is 0 Å². The number of hydrogen-bond acceptors (Lipinski definition) is 3. The molecule has 1 rings (SSSR count). The lowest BCUT2D eigenvalue weighted by Gasteiger charge is -2.31. The summed E-state index contributed by atoms with van der Waals surface area (Å²) in [5.41, 5.74) is 2.46. The summed E-state index contributed by atoms with van der Waals surface area (Å²) in [6.45, 7) is 8.82. The van der Waals surface area contributed by atoms with Gasteiger partial charge in [0.2, 0.25) is 0 Å². The van der Waals surface area contributed by atoms with Gasteiger partial charge in [-0.25, -0.2) is 0 Å². The molecule has 3 nitrogen and oxygen atoms in total. The molecule has 0 aliphatic heterocycles. The largest absolute Gasteiger partial charge is 0.496 e. The number of ether oxygens (including phenoxy) is 1. The van der Waals surface area contributed by atoms with Gasteiger partial charge in [0.1, 0.15) is 5.75 Å². The Bertz CT molecular complexity index is 435. The number of aliphatic hydroxyl groups is 1. The van der Waals surface area contributed by atoms with E-state index in [0.717, 1.165) is 5.75 Å². The van der Waals surface area contributed by atoms with Crippen LogP contribution in [0.5, 0.6) is 5.75 Å². The van der Waals surface area contributed by atoms with E-state index in [1.807, 2.05) is 6.07 Å². The van der Waals surface area contributed by atoms with E-state index < -0.39 is 0 Å². The summed E-state index contributed by atoms with van der Waals surface area (Å²) >= 11 is 0. The molecule has 2 unspecified atom stereocenters. The van der Waals surface area contributed by atoms with Gasteiger partial charge in [0.25, 0.3) is 0 Å². The van der Waals surface area contributed by atoms with Crippen LogP contribution in [0, 0.1) is 5.92 Å². The number of nitrogens with zero attached hydrogens (tertiary/aromatic N) is 1. The van der Waals surface area contributed by atoms with Gasteiger partial charge >= 0.3 is 0 Å². The third kappa shape index (κ3) is 3.74. The number of aliphatic hydroxyl groups excluding tert-OH is 1. The standard InChI is InChI=1S/C17H29NO2/c1-12(11-19)16(18(5)6)13-8-9-15(20-7)14(10-13)17(2,3)4/h8-10,12,16,19H,11H2,1-7H3. The van der Waals surface area contributed by atoms with Crippen molar-refractivity contribution in [3.05, 3.63) is 29.3 Å². The van der Waals surface area contributed by atoms with E-state index in [4.69, 9.17) is 4.74 Å². The fourth-order valence-electron chi connectivity index (χ4n) is 2.73. The van der Waals surface area contributed by atoms with Crippen LogP contribution < -0.4 is 4.74 Å². The Morgan fingerprint density at radius 3 is 2.25 bits per heavy atom. The second-order valence-electron chi connectivity index (χ2n) is 6.78. The zero-order valence-electron chi connectivity index (χ0n) is 13.9. The fraction of sp³-hybridized carbons (Fsp3) is 0.647. The Balaban J connectivity index is 3.31. The zero-order valence-corrected chi connectivity index (χ0v) is 13.9. The Morgan fingerprint density at radius 1 is 1.25 bits per heavy atom. The molecule has 0 saturated carbocycles. The minimum atomic E-state index is 0.0284. The molecule has 3 heteroatoms. The molecule has 0 fully saturated rings. The first kappa shape index (κ1) is 17.0. The molecule has 0 aliphatic carbocycles. The Hall–Kier alpha value is -1.06. The third-order valence-electron chi connectivity index (χ3n) is 3.76. The molecule has 1 N–H and O–H groups in total. The molecule has 1 aromatic rings. The molecule has 0 bridgehead atoms. The van der Waals surface area contributed by atoms with Crippen LogP contribution in [-0.4, -0.2) is 37.8 Å². The fourth-order valence-corrected chi connectivity index (χ4v) is 2.73. The summed E-state index contributed by atoms with van der Waals surface area (Å²) in [5.74, 6) is 1.11. The highest BCUT2D eigenvalue weighted by atomic mass is 16.5. The summed E-state index contributed by atoms with van der Waals surface area (Å²) in [6, 6.07) is 6.56. The van der Waals surface area contributed by atoms with E-state index in [1.165, 1.54) is 11.1 Å². The maximum Gasteiger partial charge on any atom is 0.122 e. The average Bonchev–Trinajstić information content (AvgIpc) is 2.37. The lowest BCUT2D eigenvalue weighted by atomic mass is 9.83. The first-order valence-corrected chi connectivity index (χ1v) is 7.18. The monoisotopic (exact) mass is 279 g/mol. The smallest absolute Gasteiger partial charge is 0.122 e. The highest BCUT2D eigenvalue weighted by Gasteiger charge is 2.25. The number of rotatable bonds is 5. The first-order chi connectivity index (χ1) is 9.22. The van der Waals surface area contributed by atoms with Crippen LogP contribution in [0.3, 0.4) is 0 Å². The van der Waals surface area contributed by atoms with Gasteiger partial charge < -0.3 is 14.7 Å². The molecular formula is C17H29NO2. The molecule has 0 spiro atoms. The van der Waals surface area contributed by atoms with Gasteiger partial charge in [-0.3, -0.25) is 0 Å². The first-order valence-electron chi connectivity index (χ1n) is 7.18. The molecule has 0 aromatic heterocycles. The van der Waals surface area contributed by atoms with Gasteiger partial charge in [-0.05, 0) is 48.7 Å². The Labute approximate surface area is 123 Å². The van der Waals surface area contributed by atoms with Crippen molar-refractivity contribution in [1.29, 1.82) is 0 Å². The second-order valence-corrected chi connectivity index (χ2v) is 6.78. The van der Waals surface area contributed by atoms with E-state index >= 15 is 0 Å². The number of benzene rings is 1. The molecule has 0 aliphatic rings. The van der Waals surface area contributed by atoms with Crippen molar-refractivity contribution in [2.24, 2.45) is 5.92 Å². The lowest BCUT2D eigenvalue weighted by molar-refractivity contribution is 0.145. The summed E-state index contributed by atoms with van der Waals surface area (Å²) < 4.78 is 5.49. The van der Waals surface area contributed by atoms with E-state index in [2.05, 4.69) is 58.8 Å². The normalized spacial score (nSPS) is 15.2. The highest BCUT2D eigenvalue weighted by molar-refractivity contribution is 5.42. The van der Waals surface area contributed by atoms with Gasteiger partial charge in [0.15, 0.2) is 0 Å². The van der Waals surface area contributed by atoms with Gasteiger partial charge in [-0.15, -0.1) is 0 Å². The second kappa shape index (κ2) is 6.59. The summed E-state index contributed by atoms with van der Waals surface area (Å²) in [5, 5.41) is 9.49. The van der Waals surface area contributed by atoms with E-state index in [0.29, 0.717) is 0 Å². The van der Waals surface area contributed by atoms with Gasteiger partial charge in [-0.2, -0.15) is 0 Å². The Kier molecular flexibility index (Phi) is 5.60. The predicted octanol–water partition coefficient (Wildman–Crippen LogP) is 3.22. The SMILES string of the molecule is COc1ccc(C(C(C)CO)N(C)C)cc1C(C)(C)C. The van der Waals surface area contributed by atoms with Crippen molar-refractivity contribution in [2.75, 3.05) is 27.8 Å². The highest BCUT2D eigenvalue weighted by Crippen LogP contribution is 2.36. The van der Waals surface area contributed by atoms with Crippen LogP contribution in [-0.2, 0) is 5.41 Å². The van der Waals surface area contributed by atoms with Crippen molar-refractivity contribution in [2.45, 2.75) is 39.2 Å². The average molecular weight is 279 g/mol. The quantitative estimate of drug-likeness (QED) is 0.898. The van der Waals surface area contributed by atoms with Crippen LogP contribution in [0.25, 0.3) is 0 Å². The van der Waals surface area contributed by atoms with Crippen molar-refractivity contribution < 1.29 is 9.84 Å². The molecule has 0 heterocycles. The topological polar surface area (TPSA) is 32.7 Å². The van der Waals surface area contributed by atoms with Gasteiger partial charge in [-0.1, -0.05) is 33.8 Å². The number of methoxy groups -OCH3 is 1. The number of hydrogen-bond donors (Lipinski definition) is 1. The Morgan fingerprint density at radius 2 is 1.85 bits per heavy atom. The summed E-state index contributed by atoms with van der Waals surface area (Å²) in [4.78, 5) is 2.16. The van der Waals surface area contributed by atoms with E-state index in [9.17, 15) is 5.11 Å². The summed E-state index contributed by atoms with van der Waals surface area (Å²) in [7, 11) is 5.82. The van der Waals surface area contributed by atoms with Crippen LogP contribution in [0.15, 0.2) is 18.2 Å². The van der Waals surface area contributed by atoms with Crippen LogP contribution in [0.1, 0.15) is 44.9 Å².